The number of ketones is 1. The minimum atomic E-state index is -0.476. The average molecular weight is 473 g/mol. The topological polar surface area (TPSA) is 78.3 Å². The minimum absolute atomic E-state index is 0.0771. The first kappa shape index (κ1) is 24.2. The lowest BCUT2D eigenvalue weighted by atomic mass is 9.92. The molecule has 8 heteroatoms. The summed E-state index contributed by atoms with van der Waals surface area (Å²) in [6, 6.07) is 7.95. The zero-order chi connectivity index (χ0) is 23.6. The normalized spacial score (nSPS) is 11.7. The van der Waals surface area contributed by atoms with Crippen LogP contribution in [-0.4, -0.2) is 33.7 Å². The zero-order valence-electron chi connectivity index (χ0n) is 19.3. The van der Waals surface area contributed by atoms with Crippen molar-refractivity contribution >= 4 is 45.1 Å². The van der Waals surface area contributed by atoms with E-state index in [9.17, 15) is 14.4 Å². The second kappa shape index (κ2) is 9.58. The fraction of sp³-hybridized carbons (Fsp3) is 0.417. The van der Waals surface area contributed by atoms with Gasteiger partial charge in [0.1, 0.15) is 15.5 Å². The van der Waals surface area contributed by atoms with Gasteiger partial charge in [0, 0.05) is 5.41 Å². The maximum absolute atomic E-state index is 13.6. The Labute approximate surface area is 196 Å². The van der Waals surface area contributed by atoms with Crippen LogP contribution in [0.4, 0.5) is 0 Å². The molecule has 0 aliphatic rings. The third-order valence-corrected chi connectivity index (χ3v) is 7.25. The molecule has 0 fully saturated rings. The van der Waals surface area contributed by atoms with E-state index in [4.69, 9.17) is 9.72 Å². The minimum Gasteiger partial charge on any atom is -0.462 e. The van der Waals surface area contributed by atoms with Crippen molar-refractivity contribution in [1.82, 2.24) is 9.55 Å². The molecular formula is C24H28N2O4S2. The summed E-state index contributed by atoms with van der Waals surface area (Å²) in [6.45, 7) is 11.7. The molecule has 0 saturated carbocycles. The van der Waals surface area contributed by atoms with Crippen molar-refractivity contribution in [2.45, 2.75) is 53.2 Å². The SMILES string of the molecule is CCOC(=O)c1sc2nc(SCC(=O)C(C)(C)C)n(Cc3ccc(C)cc3)c(=O)c2c1C. The van der Waals surface area contributed by atoms with Crippen LogP contribution in [0.5, 0.6) is 0 Å². The van der Waals surface area contributed by atoms with E-state index in [1.54, 1.807) is 18.4 Å². The lowest BCUT2D eigenvalue weighted by Crippen LogP contribution is -2.26. The van der Waals surface area contributed by atoms with Gasteiger partial charge in [-0.1, -0.05) is 62.4 Å². The van der Waals surface area contributed by atoms with Gasteiger partial charge in [0.15, 0.2) is 5.16 Å². The highest BCUT2D eigenvalue weighted by Crippen LogP contribution is 2.31. The van der Waals surface area contributed by atoms with Crippen molar-refractivity contribution in [2.75, 3.05) is 12.4 Å². The molecule has 0 amide bonds. The molecule has 0 bridgehead atoms. The van der Waals surface area contributed by atoms with Crippen molar-refractivity contribution < 1.29 is 14.3 Å². The number of thiophene rings is 1. The Morgan fingerprint density at radius 3 is 2.41 bits per heavy atom. The molecule has 6 nitrogen and oxygen atoms in total. The molecule has 3 rings (SSSR count). The van der Waals surface area contributed by atoms with Crippen molar-refractivity contribution in [3.63, 3.8) is 0 Å². The number of benzene rings is 1. The van der Waals surface area contributed by atoms with E-state index in [1.807, 2.05) is 52.0 Å². The molecule has 170 valence electrons. The van der Waals surface area contributed by atoms with Gasteiger partial charge in [-0.25, -0.2) is 9.78 Å². The molecule has 0 unspecified atom stereocenters. The van der Waals surface area contributed by atoms with E-state index in [2.05, 4.69) is 0 Å². The second-order valence-corrected chi connectivity index (χ2v) is 10.6. The summed E-state index contributed by atoms with van der Waals surface area (Å²) < 4.78 is 6.75. The number of Topliss-reactive ketones (excluding diaryl/α,β-unsaturated/α-hetero) is 1. The molecule has 0 aliphatic heterocycles. The number of esters is 1. The van der Waals surface area contributed by atoms with Gasteiger partial charge >= 0.3 is 5.97 Å². The molecule has 0 atom stereocenters. The Balaban J connectivity index is 2.12. The van der Waals surface area contributed by atoms with Crippen molar-refractivity contribution in [1.29, 1.82) is 0 Å². The third-order valence-electron chi connectivity index (χ3n) is 5.11. The molecule has 1 aromatic carbocycles. The molecule has 0 radical (unpaired) electrons. The predicted octanol–water partition coefficient (Wildman–Crippen LogP) is 5.01. The van der Waals surface area contributed by atoms with Crippen LogP contribution in [0.15, 0.2) is 34.2 Å². The van der Waals surface area contributed by atoms with Crippen LogP contribution in [0.1, 0.15) is 54.1 Å². The summed E-state index contributed by atoms with van der Waals surface area (Å²) in [6.07, 6.45) is 0. The van der Waals surface area contributed by atoms with Crippen LogP contribution in [0.3, 0.4) is 0 Å². The fourth-order valence-corrected chi connectivity index (χ4v) is 5.34. The highest BCUT2D eigenvalue weighted by Gasteiger charge is 2.25. The van der Waals surface area contributed by atoms with E-state index >= 15 is 0 Å². The van der Waals surface area contributed by atoms with Crippen LogP contribution < -0.4 is 5.56 Å². The first-order chi connectivity index (χ1) is 15.0. The number of thioether (sulfide) groups is 1. The summed E-state index contributed by atoms with van der Waals surface area (Å²) in [5.41, 5.74) is 1.98. The number of hydrogen-bond donors (Lipinski definition) is 0. The summed E-state index contributed by atoms with van der Waals surface area (Å²) in [5.74, 6) is -0.160. The quantitative estimate of drug-likeness (QED) is 0.273. The van der Waals surface area contributed by atoms with Crippen molar-refractivity contribution in [3.8, 4) is 0 Å². The summed E-state index contributed by atoms with van der Waals surface area (Å²) >= 11 is 2.42. The number of aryl methyl sites for hydroxylation is 2. The zero-order valence-corrected chi connectivity index (χ0v) is 20.9. The largest absolute Gasteiger partial charge is 0.462 e. The Morgan fingerprint density at radius 1 is 1.16 bits per heavy atom. The molecule has 0 N–H and O–H groups in total. The second-order valence-electron chi connectivity index (χ2n) is 8.69. The smallest absolute Gasteiger partial charge is 0.348 e. The molecule has 0 aliphatic carbocycles. The van der Waals surface area contributed by atoms with Crippen LogP contribution >= 0.6 is 23.1 Å². The predicted molar refractivity (Wildman–Crippen MR) is 130 cm³/mol. The lowest BCUT2D eigenvalue weighted by molar-refractivity contribution is -0.123. The van der Waals surface area contributed by atoms with Crippen molar-refractivity contribution in [2.24, 2.45) is 5.41 Å². The first-order valence-electron chi connectivity index (χ1n) is 10.5. The van der Waals surface area contributed by atoms with Gasteiger partial charge in [0.25, 0.3) is 5.56 Å². The summed E-state index contributed by atoms with van der Waals surface area (Å²) in [7, 11) is 0. The summed E-state index contributed by atoms with van der Waals surface area (Å²) in [5, 5.41) is 0.897. The van der Waals surface area contributed by atoms with E-state index in [1.165, 1.54) is 11.8 Å². The first-order valence-corrected chi connectivity index (χ1v) is 12.3. The highest BCUT2D eigenvalue weighted by molar-refractivity contribution is 7.99. The van der Waals surface area contributed by atoms with E-state index in [0.29, 0.717) is 32.4 Å². The van der Waals surface area contributed by atoms with Crippen LogP contribution in [0.2, 0.25) is 0 Å². The molecule has 2 aromatic heterocycles. The van der Waals surface area contributed by atoms with Gasteiger partial charge in [-0.05, 0) is 31.9 Å². The maximum atomic E-state index is 13.6. The molecule has 0 spiro atoms. The molecule has 32 heavy (non-hydrogen) atoms. The van der Waals surface area contributed by atoms with E-state index < -0.39 is 11.4 Å². The molecule has 3 aromatic rings. The van der Waals surface area contributed by atoms with Gasteiger partial charge in [-0.15, -0.1) is 11.3 Å². The number of carbonyl (C=O) groups is 2. The Bertz CT molecular complexity index is 1220. The fourth-order valence-electron chi connectivity index (χ4n) is 3.06. The molecule has 2 heterocycles. The number of aromatic nitrogens is 2. The highest BCUT2D eigenvalue weighted by atomic mass is 32.2. The average Bonchev–Trinajstić information content (AvgIpc) is 3.06. The number of rotatable bonds is 7. The Hall–Kier alpha value is -2.45. The van der Waals surface area contributed by atoms with Gasteiger partial charge in [0.05, 0.1) is 24.3 Å². The standard InChI is InChI=1S/C24H28N2O4S2/c1-7-30-22(29)19-15(3)18-20(32-19)25-23(31-13-17(27)24(4,5)6)26(21(18)28)12-16-10-8-14(2)9-11-16/h8-11H,7,12-13H2,1-6H3. The van der Waals surface area contributed by atoms with Gasteiger partial charge < -0.3 is 4.74 Å². The lowest BCUT2D eigenvalue weighted by Gasteiger charge is -2.17. The van der Waals surface area contributed by atoms with Crippen LogP contribution in [-0.2, 0) is 16.1 Å². The number of carbonyl (C=O) groups excluding carboxylic acids is 2. The Kier molecular flexibility index (Phi) is 7.25. The van der Waals surface area contributed by atoms with Crippen LogP contribution in [0.25, 0.3) is 10.2 Å². The number of ether oxygens (including phenoxy) is 1. The van der Waals surface area contributed by atoms with Gasteiger partial charge in [-0.3, -0.25) is 14.2 Å². The van der Waals surface area contributed by atoms with E-state index in [-0.39, 0.29) is 23.7 Å². The van der Waals surface area contributed by atoms with E-state index in [0.717, 1.165) is 22.5 Å². The molecule has 0 saturated heterocycles. The number of hydrogen-bond acceptors (Lipinski definition) is 7. The van der Waals surface area contributed by atoms with Crippen LogP contribution in [0, 0.1) is 19.3 Å². The number of fused-ring (bicyclic) bond motifs is 1. The third kappa shape index (κ3) is 5.13. The number of nitrogens with zero attached hydrogens (tertiary/aromatic N) is 2. The van der Waals surface area contributed by atoms with Crippen molar-refractivity contribution in [3.05, 3.63) is 56.2 Å². The molecular weight excluding hydrogens is 444 g/mol. The maximum Gasteiger partial charge on any atom is 0.348 e. The summed E-state index contributed by atoms with van der Waals surface area (Å²) in [4.78, 5) is 44.0. The monoisotopic (exact) mass is 472 g/mol. The van der Waals surface area contributed by atoms with Gasteiger partial charge in [0.2, 0.25) is 0 Å². The van der Waals surface area contributed by atoms with Gasteiger partial charge in [-0.2, -0.15) is 0 Å². The Morgan fingerprint density at radius 2 is 1.81 bits per heavy atom.